The van der Waals surface area contributed by atoms with Crippen LogP contribution in [0.5, 0.6) is 0 Å². The van der Waals surface area contributed by atoms with Gasteiger partial charge in [0.15, 0.2) is 0 Å². The Bertz CT molecular complexity index is 1450. The fourth-order valence-corrected chi connectivity index (χ4v) is 7.72. The van der Waals surface area contributed by atoms with Crippen molar-refractivity contribution < 1.29 is 27.6 Å². The predicted octanol–water partition coefficient (Wildman–Crippen LogP) is 2.56. The van der Waals surface area contributed by atoms with E-state index in [1.165, 1.54) is 36.5 Å². The van der Waals surface area contributed by atoms with E-state index in [2.05, 4.69) is 21.4 Å². The van der Waals surface area contributed by atoms with Gasteiger partial charge >= 0.3 is 10.3 Å². The minimum absolute atomic E-state index is 0.0368. The number of benzene rings is 1. The number of fused-ring (bicyclic) bond motifs is 1. The van der Waals surface area contributed by atoms with Crippen molar-refractivity contribution in [2.45, 2.75) is 42.4 Å². The minimum atomic E-state index is -4.08. The number of anilines is 1. The number of nitrogens with one attached hydrogen (secondary N) is 2. The summed E-state index contributed by atoms with van der Waals surface area (Å²) < 4.78 is 30.5. The van der Waals surface area contributed by atoms with Gasteiger partial charge in [-0.05, 0) is 52.4 Å². The minimum Gasteiger partial charge on any atom is -0.388 e. The molecular weight excluding hydrogens is 572 g/mol. The largest absolute Gasteiger partial charge is 0.388 e. The van der Waals surface area contributed by atoms with E-state index in [1.54, 1.807) is 0 Å². The van der Waals surface area contributed by atoms with Crippen LogP contribution in [0.2, 0.25) is 5.02 Å². The van der Waals surface area contributed by atoms with Gasteiger partial charge in [-0.1, -0.05) is 17.7 Å². The lowest BCUT2D eigenvalue weighted by Crippen LogP contribution is -2.38. The molecule has 4 N–H and O–H groups in total. The van der Waals surface area contributed by atoms with Crippen molar-refractivity contribution in [1.29, 1.82) is 0 Å². The molecule has 1 aliphatic carbocycles. The van der Waals surface area contributed by atoms with Crippen LogP contribution in [0.4, 0.5) is 5.82 Å². The summed E-state index contributed by atoms with van der Waals surface area (Å²) in [6.07, 6.45) is -0.410. The second kappa shape index (κ2) is 11.2. The van der Waals surface area contributed by atoms with Crippen LogP contribution in [0.3, 0.4) is 0 Å². The lowest BCUT2D eigenvalue weighted by Gasteiger charge is -2.24. The summed E-state index contributed by atoms with van der Waals surface area (Å²) in [6.45, 7) is 0. The smallest absolute Gasteiger partial charge is 0.335 e. The summed E-state index contributed by atoms with van der Waals surface area (Å²) >= 11 is 9.40. The number of carbonyl (C=O) groups excluding carboxylic acids is 1. The molecule has 0 unspecified atom stereocenters. The van der Waals surface area contributed by atoms with Gasteiger partial charge in [-0.3, -0.25) is 8.98 Å². The second-order valence-corrected chi connectivity index (χ2v) is 13.0. The summed E-state index contributed by atoms with van der Waals surface area (Å²) in [5.41, 5.74) is 3.61. The first kappa shape index (κ1) is 27.5. The first-order chi connectivity index (χ1) is 18.2. The molecule has 1 aromatic carbocycles. The maximum Gasteiger partial charge on any atom is 0.335 e. The summed E-state index contributed by atoms with van der Waals surface area (Å²) in [5.74, 6) is 0.835. The number of aromatic nitrogens is 2. The highest BCUT2D eigenvalue weighted by Gasteiger charge is 2.44. The number of hydrogen-bond acceptors (Lipinski definition) is 11. The van der Waals surface area contributed by atoms with E-state index in [1.807, 2.05) is 40.1 Å². The van der Waals surface area contributed by atoms with E-state index in [0.717, 1.165) is 23.3 Å². The molecule has 0 radical (unpaired) electrons. The predicted molar refractivity (Wildman–Crippen MR) is 146 cm³/mol. The van der Waals surface area contributed by atoms with Crippen LogP contribution in [0.1, 0.15) is 43.6 Å². The number of thioether (sulfide) groups is 1. The summed E-state index contributed by atoms with van der Waals surface area (Å²) in [4.78, 5) is 22.2. The Morgan fingerprint density at radius 2 is 2.05 bits per heavy atom. The van der Waals surface area contributed by atoms with Gasteiger partial charge in [-0.15, -0.1) is 23.1 Å². The van der Waals surface area contributed by atoms with Gasteiger partial charge in [0.05, 0.1) is 21.7 Å². The Labute approximate surface area is 233 Å². The van der Waals surface area contributed by atoms with Crippen molar-refractivity contribution in [2.24, 2.45) is 0 Å². The average molecular weight is 597 g/mol. The van der Waals surface area contributed by atoms with Gasteiger partial charge in [0.1, 0.15) is 30.5 Å². The maximum atomic E-state index is 13.5. The van der Waals surface area contributed by atoms with Crippen molar-refractivity contribution in [3.63, 3.8) is 0 Å². The molecule has 10 nitrogen and oxygen atoms in total. The molecule has 14 heteroatoms. The molecule has 0 bridgehead atoms. The third-order valence-corrected chi connectivity index (χ3v) is 10.1. The van der Waals surface area contributed by atoms with Crippen LogP contribution >= 0.6 is 34.7 Å². The standard InChI is InChI=1S/C24H25ClN4O6S3/c1-26-38(33,34)35-18-8-17(21(31)22(18)32)29-24-16(9-27-11-28-24)20(30)19-6-13(10-37-19)23-15-7-14(25)3-2-12(15)4-5-36-23/h2-3,6-7,9-11,17-18,21-23,26,31-32H,4-5,8H2,1H3,(H,27,28,29)/t17-,18-,21+,22+,23-/m1/s1. The highest BCUT2D eigenvalue weighted by molar-refractivity contribution is 7.99. The molecule has 1 aliphatic heterocycles. The van der Waals surface area contributed by atoms with Gasteiger partial charge in [-0.2, -0.15) is 13.1 Å². The van der Waals surface area contributed by atoms with Crippen LogP contribution in [-0.2, 0) is 20.9 Å². The lowest BCUT2D eigenvalue weighted by atomic mass is 9.98. The van der Waals surface area contributed by atoms with E-state index in [0.29, 0.717) is 9.90 Å². The first-order valence-corrected chi connectivity index (χ1v) is 15.5. The molecule has 5 atom stereocenters. The number of rotatable bonds is 8. The Morgan fingerprint density at radius 1 is 1.24 bits per heavy atom. The molecule has 5 rings (SSSR count). The average Bonchev–Trinajstić information content (AvgIpc) is 3.49. The van der Waals surface area contributed by atoms with Crippen LogP contribution in [0.25, 0.3) is 0 Å². The molecule has 0 amide bonds. The molecule has 0 saturated heterocycles. The van der Waals surface area contributed by atoms with Crippen LogP contribution < -0.4 is 10.0 Å². The number of halogens is 1. The topological polar surface area (TPSA) is 151 Å². The van der Waals surface area contributed by atoms with E-state index < -0.39 is 34.7 Å². The van der Waals surface area contributed by atoms with Crippen molar-refractivity contribution in [2.75, 3.05) is 18.1 Å². The Morgan fingerprint density at radius 3 is 2.84 bits per heavy atom. The number of aryl methyl sites for hydroxylation is 1. The van der Waals surface area contributed by atoms with E-state index >= 15 is 0 Å². The lowest BCUT2D eigenvalue weighted by molar-refractivity contribution is -0.00882. The maximum absolute atomic E-state index is 13.5. The summed E-state index contributed by atoms with van der Waals surface area (Å²) in [6, 6.07) is 6.99. The fraction of sp³-hybridized carbons (Fsp3) is 0.375. The molecule has 202 valence electrons. The Hall–Kier alpha value is -2.10. The molecule has 0 spiro atoms. The highest BCUT2D eigenvalue weighted by atomic mass is 35.5. The van der Waals surface area contributed by atoms with Crippen molar-refractivity contribution in [1.82, 2.24) is 14.7 Å². The SMILES string of the molecule is CNS(=O)(=O)O[C@@H]1C[C@@H](Nc2ncncc2C(=O)c2cc([C@H]3SCCc4ccc(Cl)cc43)cs2)[C@H](O)[C@H]1O. The zero-order chi connectivity index (χ0) is 27.0. The van der Waals surface area contributed by atoms with Crippen LogP contribution in [0.15, 0.2) is 42.2 Å². The van der Waals surface area contributed by atoms with Gasteiger partial charge in [-0.25, -0.2) is 9.97 Å². The number of ketones is 1. The van der Waals surface area contributed by atoms with Crippen molar-refractivity contribution in [3.8, 4) is 0 Å². The zero-order valence-corrected chi connectivity index (χ0v) is 23.3. The van der Waals surface area contributed by atoms with E-state index in [-0.39, 0.29) is 28.8 Å². The van der Waals surface area contributed by atoms with Crippen molar-refractivity contribution in [3.05, 3.63) is 74.3 Å². The van der Waals surface area contributed by atoms with E-state index in [4.69, 9.17) is 15.8 Å². The van der Waals surface area contributed by atoms with Gasteiger partial charge in [0.25, 0.3) is 0 Å². The van der Waals surface area contributed by atoms with Gasteiger partial charge in [0, 0.05) is 24.7 Å². The highest BCUT2D eigenvalue weighted by Crippen LogP contribution is 2.44. The molecule has 3 aromatic rings. The number of thiophene rings is 1. The third kappa shape index (κ3) is 5.61. The Balaban J connectivity index is 1.36. The first-order valence-electron chi connectivity index (χ1n) is 11.7. The molecule has 1 fully saturated rings. The quantitative estimate of drug-likeness (QED) is 0.286. The number of carbonyl (C=O) groups is 1. The molecule has 38 heavy (non-hydrogen) atoms. The van der Waals surface area contributed by atoms with E-state index in [9.17, 15) is 23.4 Å². The molecule has 1 saturated carbocycles. The normalized spacial score (nSPS) is 25.2. The molecule has 3 heterocycles. The summed E-state index contributed by atoms with van der Waals surface area (Å²) in [7, 11) is -2.90. The number of aliphatic hydroxyl groups excluding tert-OH is 2. The molecule has 2 aromatic heterocycles. The summed E-state index contributed by atoms with van der Waals surface area (Å²) in [5, 5.41) is 26.5. The monoisotopic (exact) mass is 596 g/mol. The van der Waals surface area contributed by atoms with Gasteiger partial charge < -0.3 is 15.5 Å². The fourth-order valence-electron chi connectivity index (χ4n) is 4.65. The number of aliphatic hydroxyl groups is 2. The van der Waals surface area contributed by atoms with Crippen LogP contribution in [-0.4, -0.2) is 71.5 Å². The number of hydrogen-bond donors (Lipinski definition) is 4. The van der Waals surface area contributed by atoms with Crippen LogP contribution in [0, 0.1) is 0 Å². The number of nitrogens with zero attached hydrogens (tertiary/aromatic N) is 2. The second-order valence-electron chi connectivity index (χ2n) is 8.96. The zero-order valence-electron chi connectivity index (χ0n) is 20.1. The Kier molecular flexibility index (Phi) is 8.08. The van der Waals surface area contributed by atoms with Gasteiger partial charge in [0.2, 0.25) is 5.78 Å². The third-order valence-electron chi connectivity index (χ3n) is 6.60. The molecule has 2 aliphatic rings. The van der Waals surface area contributed by atoms with Crippen molar-refractivity contribution >= 4 is 56.6 Å². The molecular formula is C24H25ClN4O6S3.